The SMILES string of the molecule is CC(C)c1cc(-c2ccccc2)cc(C(C)C)c1-n1c(-c2ccc3sc4ccccc4c3c2)nc2ccncc21. The topological polar surface area (TPSA) is 30.7 Å². The van der Waals surface area contributed by atoms with Crippen LogP contribution >= 0.6 is 11.3 Å². The summed E-state index contributed by atoms with van der Waals surface area (Å²) < 4.78 is 4.98. The molecule has 0 spiro atoms. The molecule has 4 heteroatoms. The molecule has 0 aliphatic heterocycles. The number of pyridine rings is 1. The van der Waals surface area contributed by atoms with Gasteiger partial charge in [0.15, 0.2) is 0 Å². The van der Waals surface area contributed by atoms with Crippen molar-refractivity contribution in [3.05, 3.63) is 115 Å². The van der Waals surface area contributed by atoms with Gasteiger partial charge in [-0.1, -0.05) is 76.2 Å². The van der Waals surface area contributed by atoms with Crippen molar-refractivity contribution >= 4 is 42.5 Å². The lowest BCUT2D eigenvalue weighted by Gasteiger charge is -2.24. The second-order valence-corrected chi connectivity index (χ2v) is 12.2. The standard InChI is InChI=1S/C36H31N3S/c1-22(2)28-19-26(24-10-6-5-7-11-24)20-29(23(3)4)35(28)39-32-21-37-17-16-31(32)38-36(39)25-14-15-34-30(18-25)27-12-8-9-13-33(27)40-34/h5-23H,1-4H3. The molecule has 0 saturated heterocycles. The minimum Gasteiger partial charge on any atom is -0.290 e. The third-order valence-corrected chi connectivity index (χ3v) is 8.99. The fourth-order valence-electron chi connectivity index (χ4n) is 5.82. The first-order chi connectivity index (χ1) is 19.5. The van der Waals surface area contributed by atoms with Crippen molar-refractivity contribution in [1.82, 2.24) is 14.5 Å². The number of nitrogens with zero attached hydrogens (tertiary/aromatic N) is 3. The first-order valence-corrected chi connectivity index (χ1v) is 14.8. The molecule has 40 heavy (non-hydrogen) atoms. The van der Waals surface area contributed by atoms with E-state index in [0.29, 0.717) is 11.8 Å². The molecule has 7 aromatic rings. The van der Waals surface area contributed by atoms with E-state index in [1.54, 1.807) is 0 Å². The molecular formula is C36H31N3S. The smallest absolute Gasteiger partial charge is 0.145 e. The molecule has 3 aromatic heterocycles. The number of hydrogen-bond donors (Lipinski definition) is 0. The summed E-state index contributed by atoms with van der Waals surface area (Å²) in [5.74, 6) is 1.60. The van der Waals surface area contributed by atoms with E-state index in [-0.39, 0.29) is 0 Å². The van der Waals surface area contributed by atoms with Gasteiger partial charge >= 0.3 is 0 Å². The second kappa shape index (κ2) is 9.72. The monoisotopic (exact) mass is 537 g/mol. The van der Waals surface area contributed by atoms with Crippen LogP contribution in [0, 0.1) is 0 Å². The van der Waals surface area contributed by atoms with Crippen LogP contribution in [0.1, 0.15) is 50.7 Å². The molecule has 0 unspecified atom stereocenters. The fourth-order valence-corrected chi connectivity index (χ4v) is 6.91. The summed E-state index contributed by atoms with van der Waals surface area (Å²) in [5, 5.41) is 2.58. The first-order valence-electron chi connectivity index (χ1n) is 14.0. The highest BCUT2D eigenvalue weighted by atomic mass is 32.1. The lowest BCUT2D eigenvalue weighted by molar-refractivity contribution is 0.811. The van der Waals surface area contributed by atoms with Crippen molar-refractivity contribution in [2.45, 2.75) is 39.5 Å². The van der Waals surface area contributed by atoms with E-state index in [2.05, 4.69) is 122 Å². The molecule has 7 rings (SSSR count). The summed E-state index contributed by atoms with van der Waals surface area (Å²) in [5.41, 5.74) is 9.46. The van der Waals surface area contributed by atoms with E-state index in [1.165, 1.54) is 48.1 Å². The van der Waals surface area contributed by atoms with Crippen LogP contribution in [-0.2, 0) is 0 Å². The molecule has 3 nitrogen and oxygen atoms in total. The molecule has 0 amide bonds. The summed E-state index contributed by atoms with van der Waals surface area (Å²) in [6, 6.07) is 33.0. The Balaban J connectivity index is 1.55. The first kappa shape index (κ1) is 24.7. The van der Waals surface area contributed by atoms with Gasteiger partial charge in [0, 0.05) is 31.9 Å². The van der Waals surface area contributed by atoms with E-state index < -0.39 is 0 Å². The molecule has 0 saturated carbocycles. The number of benzene rings is 4. The molecule has 0 radical (unpaired) electrons. The van der Waals surface area contributed by atoms with Crippen molar-refractivity contribution in [1.29, 1.82) is 0 Å². The normalized spacial score (nSPS) is 11.9. The van der Waals surface area contributed by atoms with Crippen molar-refractivity contribution in [3.63, 3.8) is 0 Å². The van der Waals surface area contributed by atoms with Crippen LogP contribution in [0.2, 0.25) is 0 Å². The molecule has 0 N–H and O–H groups in total. The predicted molar refractivity (Wildman–Crippen MR) is 171 cm³/mol. The molecule has 0 bridgehead atoms. The maximum atomic E-state index is 5.24. The Kier molecular flexibility index (Phi) is 6.01. The van der Waals surface area contributed by atoms with Gasteiger partial charge in [-0.05, 0) is 76.6 Å². The average molecular weight is 538 g/mol. The van der Waals surface area contributed by atoms with Crippen LogP contribution in [-0.4, -0.2) is 14.5 Å². The van der Waals surface area contributed by atoms with E-state index in [9.17, 15) is 0 Å². The maximum Gasteiger partial charge on any atom is 0.145 e. The van der Waals surface area contributed by atoms with Crippen molar-refractivity contribution in [3.8, 4) is 28.2 Å². The highest BCUT2D eigenvalue weighted by Crippen LogP contribution is 2.41. The van der Waals surface area contributed by atoms with Gasteiger partial charge < -0.3 is 0 Å². The maximum absolute atomic E-state index is 5.24. The number of aromatic nitrogens is 3. The Hall–Kier alpha value is -4.28. The predicted octanol–water partition coefficient (Wildman–Crippen LogP) is 10.4. The van der Waals surface area contributed by atoms with E-state index in [1.807, 2.05) is 29.8 Å². The summed E-state index contributed by atoms with van der Waals surface area (Å²) in [7, 11) is 0. The zero-order valence-corrected chi connectivity index (χ0v) is 24.0. The zero-order chi connectivity index (χ0) is 27.4. The second-order valence-electron chi connectivity index (χ2n) is 11.1. The van der Waals surface area contributed by atoms with Crippen LogP contribution in [0.15, 0.2) is 103 Å². The van der Waals surface area contributed by atoms with E-state index >= 15 is 0 Å². The summed E-state index contributed by atoms with van der Waals surface area (Å²) in [4.78, 5) is 9.78. The largest absolute Gasteiger partial charge is 0.290 e. The quantitative estimate of drug-likeness (QED) is 0.219. The third kappa shape index (κ3) is 4.02. The van der Waals surface area contributed by atoms with Crippen molar-refractivity contribution in [2.75, 3.05) is 0 Å². The van der Waals surface area contributed by atoms with Gasteiger partial charge in [0.1, 0.15) is 5.82 Å². The Morgan fingerprint density at radius 1 is 0.650 bits per heavy atom. The molecule has 0 atom stereocenters. The Bertz CT molecular complexity index is 1980. The summed E-state index contributed by atoms with van der Waals surface area (Å²) in [6.07, 6.45) is 3.80. The third-order valence-electron chi connectivity index (χ3n) is 7.84. The number of rotatable bonds is 5. The van der Waals surface area contributed by atoms with Gasteiger partial charge in [-0.3, -0.25) is 9.55 Å². The van der Waals surface area contributed by atoms with Crippen LogP contribution in [0.25, 0.3) is 59.4 Å². The average Bonchev–Trinajstić information content (AvgIpc) is 3.55. The van der Waals surface area contributed by atoms with Crippen LogP contribution in [0.4, 0.5) is 0 Å². The molecule has 4 aromatic carbocycles. The number of thiophene rings is 1. The van der Waals surface area contributed by atoms with E-state index in [4.69, 9.17) is 4.98 Å². The van der Waals surface area contributed by atoms with Crippen LogP contribution < -0.4 is 0 Å². The van der Waals surface area contributed by atoms with Crippen LogP contribution in [0.5, 0.6) is 0 Å². The highest BCUT2D eigenvalue weighted by molar-refractivity contribution is 7.25. The Labute approximate surface area is 238 Å². The van der Waals surface area contributed by atoms with Crippen molar-refractivity contribution in [2.24, 2.45) is 0 Å². The zero-order valence-electron chi connectivity index (χ0n) is 23.2. The summed E-state index contributed by atoms with van der Waals surface area (Å²) in [6.45, 7) is 9.16. The summed E-state index contributed by atoms with van der Waals surface area (Å²) >= 11 is 1.85. The minimum absolute atomic E-state index is 0.321. The number of hydrogen-bond acceptors (Lipinski definition) is 3. The number of fused-ring (bicyclic) bond motifs is 4. The van der Waals surface area contributed by atoms with Gasteiger partial charge in [-0.25, -0.2) is 4.98 Å². The molecule has 0 aliphatic rings. The Morgan fingerprint density at radius 3 is 2.10 bits per heavy atom. The Morgan fingerprint density at radius 2 is 1.35 bits per heavy atom. The minimum atomic E-state index is 0.321. The highest BCUT2D eigenvalue weighted by Gasteiger charge is 2.24. The van der Waals surface area contributed by atoms with Gasteiger partial charge in [-0.15, -0.1) is 11.3 Å². The molecule has 0 fully saturated rings. The van der Waals surface area contributed by atoms with Gasteiger partial charge in [0.25, 0.3) is 0 Å². The van der Waals surface area contributed by atoms with E-state index in [0.717, 1.165) is 22.4 Å². The molecule has 0 aliphatic carbocycles. The fraction of sp³-hybridized carbons (Fsp3) is 0.167. The van der Waals surface area contributed by atoms with Crippen LogP contribution in [0.3, 0.4) is 0 Å². The van der Waals surface area contributed by atoms with Gasteiger partial charge in [-0.2, -0.15) is 0 Å². The van der Waals surface area contributed by atoms with Crippen molar-refractivity contribution < 1.29 is 0 Å². The lowest BCUT2D eigenvalue weighted by Crippen LogP contribution is -2.09. The number of imidazole rings is 1. The van der Waals surface area contributed by atoms with Gasteiger partial charge in [0.05, 0.1) is 22.9 Å². The molecule has 3 heterocycles. The molecule has 196 valence electrons. The lowest BCUT2D eigenvalue weighted by atomic mass is 9.88. The van der Waals surface area contributed by atoms with Gasteiger partial charge in [0.2, 0.25) is 0 Å². The molecular weight excluding hydrogens is 506 g/mol.